The standard InChI is InChI=1S/C16H18ClNO2S/c1-11(21(19)15-6-4-3-5-14(15)17)16(18)12-7-9-13(20-2)10-8-12/h3-11,16H,18H2,1-2H3. The number of methoxy groups -OCH3 is 1. The number of ether oxygens (including phenoxy) is 1. The van der Waals surface area contributed by atoms with E-state index in [0.29, 0.717) is 9.92 Å². The number of rotatable bonds is 5. The molecule has 0 aliphatic carbocycles. The molecular weight excluding hydrogens is 306 g/mol. The summed E-state index contributed by atoms with van der Waals surface area (Å²) in [7, 11) is 0.349. The Kier molecular flexibility index (Phi) is 5.39. The Bertz CT molecular complexity index is 630. The lowest BCUT2D eigenvalue weighted by atomic mass is 10.1. The molecule has 0 fully saturated rings. The van der Waals surface area contributed by atoms with Crippen LogP contribution < -0.4 is 10.5 Å². The summed E-state index contributed by atoms with van der Waals surface area (Å²) in [4.78, 5) is 0.621. The summed E-state index contributed by atoms with van der Waals surface area (Å²) >= 11 is 6.10. The number of benzene rings is 2. The van der Waals surface area contributed by atoms with E-state index in [1.54, 1.807) is 19.2 Å². The van der Waals surface area contributed by atoms with Gasteiger partial charge in [0.25, 0.3) is 0 Å². The second-order valence-electron chi connectivity index (χ2n) is 4.73. The lowest BCUT2D eigenvalue weighted by Crippen LogP contribution is -2.27. The van der Waals surface area contributed by atoms with Crippen LogP contribution in [-0.4, -0.2) is 16.6 Å². The summed E-state index contributed by atoms with van der Waals surface area (Å²) in [6.45, 7) is 1.87. The van der Waals surface area contributed by atoms with Gasteiger partial charge in [-0.25, -0.2) is 0 Å². The highest BCUT2D eigenvalue weighted by Gasteiger charge is 2.23. The van der Waals surface area contributed by atoms with Gasteiger partial charge in [-0.05, 0) is 36.8 Å². The van der Waals surface area contributed by atoms with Crippen LogP contribution in [0, 0.1) is 0 Å². The van der Waals surface area contributed by atoms with Crippen molar-refractivity contribution in [2.75, 3.05) is 7.11 Å². The summed E-state index contributed by atoms with van der Waals surface area (Å²) in [5, 5.41) is 0.253. The molecule has 0 aliphatic heterocycles. The Morgan fingerprint density at radius 1 is 1.14 bits per heavy atom. The van der Waals surface area contributed by atoms with Crippen molar-refractivity contribution < 1.29 is 8.95 Å². The Balaban J connectivity index is 2.20. The predicted molar refractivity (Wildman–Crippen MR) is 87.2 cm³/mol. The third-order valence-corrected chi connectivity index (χ3v) is 5.60. The van der Waals surface area contributed by atoms with E-state index in [-0.39, 0.29) is 11.3 Å². The van der Waals surface area contributed by atoms with Crippen LogP contribution in [0.2, 0.25) is 5.02 Å². The van der Waals surface area contributed by atoms with Crippen molar-refractivity contribution in [2.24, 2.45) is 5.73 Å². The minimum Gasteiger partial charge on any atom is -0.497 e. The molecule has 2 rings (SSSR count). The predicted octanol–water partition coefficient (Wildman–Crippen LogP) is 3.54. The third kappa shape index (κ3) is 3.64. The lowest BCUT2D eigenvalue weighted by Gasteiger charge is -2.20. The molecule has 0 aliphatic rings. The van der Waals surface area contributed by atoms with Crippen LogP contribution in [0.3, 0.4) is 0 Å². The van der Waals surface area contributed by atoms with Gasteiger partial charge in [-0.1, -0.05) is 35.9 Å². The van der Waals surface area contributed by atoms with Crippen LogP contribution in [0.25, 0.3) is 0 Å². The second kappa shape index (κ2) is 7.07. The molecule has 21 heavy (non-hydrogen) atoms. The van der Waals surface area contributed by atoms with E-state index in [1.165, 1.54) is 0 Å². The quantitative estimate of drug-likeness (QED) is 0.915. The summed E-state index contributed by atoms with van der Waals surface area (Å²) in [5.74, 6) is 0.769. The molecule has 112 valence electrons. The van der Waals surface area contributed by atoms with Crippen LogP contribution in [0.4, 0.5) is 0 Å². The van der Waals surface area contributed by atoms with Crippen molar-refractivity contribution in [2.45, 2.75) is 23.1 Å². The van der Waals surface area contributed by atoms with Gasteiger partial charge in [-0.2, -0.15) is 0 Å². The lowest BCUT2D eigenvalue weighted by molar-refractivity contribution is 0.414. The highest BCUT2D eigenvalue weighted by Crippen LogP contribution is 2.27. The number of halogens is 1. The molecule has 0 aromatic heterocycles. The van der Waals surface area contributed by atoms with Gasteiger partial charge in [0.1, 0.15) is 5.75 Å². The minimum absolute atomic E-state index is 0.252. The van der Waals surface area contributed by atoms with E-state index in [1.807, 2.05) is 43.3 Å². The fourth-order valence-electron chi connectivity index (χ4n) is 2.04. The molecule has 2 aromatic rings. The first-order valence-corrected chi connectivity index (χ1v) is 8.18. The Morgan fingerprint density at radius 3 is 2.33 bits per heavy atom. The third-order valence-electron chi connectivity index (χ3n) is 3.40. The molecule has 2 N–H and O–H groups in total. The number of nitrogens with two attached hydrogens (primary N) is 1. The zero-order valence-electron chi connectivity index (χ0n) is 12.0. The van der Waals surface area contributed by atoms with E-state index >= 15 is 0 Å². The summed E-state index contributed by atoms with van der Waals surface area (Å²) < 4.78 is 17.7. The van der Waals surface area contributed by atoms with Crippen LogP contribution in [-0.2, 0) is 10.8 Å². The summed E-state index contributed by atoms with van der Waals surface area (Å²) in [6, 6.07) is 14.3. The van der Waals surface area contributed by atoms with Crippen LogP contribution in [0.5, 0.6) is 5.75 Å². The molecule has 0 heterocycles. The van der Waals surface area contributed by atoms with Gasteiger partial charge >= 0.3 is 0 Å². The van der Waals surface area contributed by atoms with Crippen molar-refractivity contribution in [3.05, 3.63) is 59.1 Å². The maximum absolute atomic E-state index is 12.6. The van der Waals surface area contributed by atoms with Gasteiger partial charge in [0.2, 0.25) is 0 Å². The summed E-state index contributed by atoms with van der Waals surface area (Å²) in [6.07, 6.45) is 0. The van der Waals surface area contributed by atoms with Gasteiger partial charge in [-0.15, -0.1) is 0 Å². The normalized spacial score (nSPS) is 15.2. The maximum atomic E-state index is 12.6. The number of hydrogen-bond donors (Lipinski definition) is 1. The maximum Gasteiger partial charge on any atom is 0.118 e. The summed E-state index contributed by atoms with van der Waals surface area (Å²) in [5.41, 5.74) is 7.16. The van der Waals surface area contributed by atoms with E-state index in [4.69, 9.17) is 22.1 Å². The Labute approximate surface area is 132 Å². The zero-order chi connectivity index (χ0) is 15.4. The Hall–Kier alpha value is -1.36. The molecule has 0 bridgehead atoms. The van der Waals surface area contributed by atoms with Gasteiger partial charge in [0, 0.05) is 6.04 Å². The van der Waals surface area contributed by atoms with Crippen LogP contribution >= 0.6 is 11.6 Å². The largest absolute Gasteiger partial charge is 0.497 e. The molecule has 0 radical (unpaired) electrons. The highest BCUT2D eigenvalue weighted by molar-refractivity contribution is 7.85. The first-order valence-electron chi connectivity index (χ1n) is 6.59. The molecule has 5 heteroatoms. The van der Waals surface area contributed by atoms with Crippen molar-refractivity contribution >= 4 is 22.4 Å². The highest BCUT2D eigenvalue weighted by atomic mass is 35.5. The van der Waals surface area contributed by atoms with Crippen molar-refractivity contribution in [3.8, 4) is 5.75 Å². The molecular formula is C16H18ClNO2S. The molecule has 0 spiro atoms. The molecule has 0 amide bonds. The topological polar surface area (TPSA) is 52.3 Å². The van der Waals surface area contributed by atoms with Gasteiger partial charge in [0.15, 0.2) is 0 Å². The molecule has 3 nitrogen and oxygen atoms in total. The average Bonchev–Trinajstić information content (AvgIpc) is 2.53. The van der Waals surface area contributed by atoms with Gasteiger partial charge in [0.05, 0.1) is 33.1 Å². The smallest absolute Gasteiger partial charge is 0.118 e. The van der Waals surface area contributed by atoms with E-state index < -0.39 is 10.8 Å². The van der Waals surface area contributed by atoms with E-state index in [9.17, 15) is 4.21 Å². The first kappa shape index (κ1) is 16.0. The minimum atomic E-state index is -1.27. The molecule has 3 atom stereocenters. The fourth-order valence-corrected chi connectivity index (χ4v) is 3.70. The zero-order valence-corrected chi connectivity index (χ0v) is 13.5. The molecule has 3 unspecified atom stereocenters. The Morgan fingerprint density at radius 2 is 1.76 bits per heavy atom. The average molecular weight is 324 g/mol. The number of hydrogen-bond acceptors (Lipinski definition) is 3. The SMILES string of the molecule is COc1ccc(C(N)C(C)S(=O)c2ccccc2Cl)cc1. The monoisotopic (exact) mass is 323 g/mol. The first-order chi connectivity index (χ1) is 10.0. The second-order valence-corrected chi connectivity index (χ2v) is 6.92. The van der Waals surface area contributed by atoms with Crippen molar-refractivity contribution in [1.29, 1.82) is 0 Å². The van der Waals surface area contributed by atoms with Crippen LogP contribution in [0.15, 0.2) is 53.4 Å². The van der Waals surface area contributed by atoms with Gasteiger partial charge < -0.3 is 10.5 Å². The molecule has 0 saturated heterocycles. The van der Waals surface area contributed by atoms with Crippen molar-refractivity contribution in [1.82, 2.24) is 0 Å². The molecule has 2 aromatic carbocycles. The molecule has 0 saturated carbocycles. The van der Waals surface area contributed by atoms with Gasteiger partial charge in [-0.3, -0.25) is 4.21 Å². The van der Waals surface area contributed by atoms with E-state index in [2.05, 4.69) is 0 Å². The fraction of sp³-hybridized carbons (Fsp3) is 0.250. The van der Waals surface area contributed by atoms with Crippen LogP contribution in [0.1, 0.15) is 18.5 Å². The van der Waals surface area contributed by atoms with E-state index in [0.717, 1.165) is 11.3 Å². The van der Waals surface area contributed by atoms with Crippen molar-refractivity contribution in [3.63, 3.8) is 0 Å².